The highest BCUT2D eigenvalue weighted by molar-refractivity contribution is 5.02. The average molecular weight is 271 g/mol. The van der Waals surface area contributed by atoms with Gasteiger partial charge in [-0.15, -0.1) is 0 Å². The highest BCUT2D eigenvalue weighted by Crippen LogP contribution is 2.42. The van der Waals surface area contributed by atoms with Gasteiger partial charge >= 0.3 is 0 Å². The third-order valence-electron chi connectivity index (χ3n) is 4.09. The molecular weight excluding hydrogens is 250 g/mol. The van der Waals surface area contributed by atoms with E-state index in [9.17, 15) is 10.2 Å². The number of nitriles is 1. The molecule has 2 rings (SSSR count). The number of hydrogen-bond donors (Lipinski definition) is 3. The fraction of sp³-hybridized carbons (Fsp3) is 0.923. The summed E-state index contributed by atoms with van der Waals surface area (Å²) >= 11 is 0. The van der Waals surface area contributed by atoms with Gasteiger partial charge in [0.1, 0.15) is 11.7 Å². The van der Waals surface area contributed by atoms with Crippen molar-refractivity contribution in [2.24, 2.45) is 0 Å². The number of aliphatic hydroxyl groups excluding tert-OH is 3. The smallest absolute Gasteiger partial charge is 0.120 e. The second-order valence-corrected chi connectivity index (χ2v) is 5.35. The predicted octanol–water partition coefficient (Wildman–Crippen LogP) is -0.289. The molecule has 2 saturated heterocycles. The van der Waals surface area contributed by atoms with E-state index in [2.05, 4.69) is 6.07 Å². The van der Waals surface area contributed by atoms with Crippen molar-refractivity contribution in [3.05, 3.63) is 0 Å². The molecule has 3 N–H and O–H groups in total. The molecular formula is C13H21NO5. The number of hydrogen-bond acceptors (Lipinski definition) is 6. The Labute approximate surface area is 112 Å². The van der Waals surface area contributed by atoms with Gasteiger partial charge in [0.2, 0.25) is 0 Å². The van der Waals surface area contributed by atoms with E-state index in [1.807, 2.05) is 0 Å². The summed E-state index contributed by atoms with van der Waals surface area (Å²) in [6, 6.07) is 2.09. The van der Waals surface area contributed by atoms with Crippen molar-refractivity contribution in [3.63, 3.8) is 0 Å². The Morgan fingerprint density at radius 3 is 2.79 bits per heavy atom. The van der Waals surface area contributed by atoms with Crippen molar-refractivity contribution in [2.45, 2.75) is 62.1 Å². The normalized spacial score (nSPS) is 39.6. The molecule has 0 radical (unpaired) electrons. The fourth-order valence-corrected chi connectivity index (χ4v) is 3.02. The van der Waals surface area contributed by atoms with Crippen LogP contribution in [0.25, 0.3) is 0 Å². The molecule has 0 aromatic carbocycles. The largest absolute Gasteiger partial charge is 0.394 e. The number of aliphatic hydroxyl groups is 3. The van der Waals surface area contributed by atoms with Gasteiger partial charge in [0.25, 0.3) is 0 Å². The topological polar surface area (TPSA) is 103 Å². The van der Waals surface area contributed by atoms with Crippen LogP contribution in [0, 0.1) is 11.3 Å². The molecule has 2 unspecified atom stereocenters. The lowest BCUT2D eigenvalue weighted by Crippen LogP contribution is -2.51. The van der Waals surface area contributed by atoms with Gasteiger partial charge < -0.3 is 24.8 Å². The van der Waals surface area contributed by atoms with Crippen LogP contribution in [0.15, 0.2) is 0 Å². The van der Waals surface area contributed by atoms with Crippen LogP contribution in [0.4, 0.5) is 0 Å². The summed E-state index contributed by atoms with van der Waals surface area (Å²) in [5.74, 6) is 0. The minimum Gasteiger partial charge on any atom is -0.394 e. The third kappa shape index (κ3) is 2.91. The minimum absolute atomic E-state index is 0.0448. The molecule has 5 atom stereocenters. The molecule has 0 bridgehead atoms. The molecule has 6 nitrogen and oxygen atoms in total. The molecule has 0 saturated carbocycles. The summed E-state index contributed by atoms with van der Waals surface area (Å²) in [4.78, 5) is 0. The van der Waals surface area contributed by atoms with E-state index in [1.54, 1.807) is 0 Å². The summed E-state index contributed by atoms with van der Waals surface area (Å²) in [5.41, 5.74) is -0.792. The van der Waals surface area contributed by atoms with Gasteiger partial charge in [-0.2, -0.15) is 5.26 Å². The number of nitrogens with zero attached hydrogens (tertiary/aromatic N) is 1. The lowest BCUT2D eigenvalue weighted by atomic mass is 9.86. The maximum absolute atomic E-state index is 9.67. The van der Waals surface area contributed by atoms with Crippen molar-refractivity contribution in [2.75, 3.05) is 13.2 Å². The highest BCUT2D eigenvalue weighted by atomic mass is 16.6. The molecule has 108 valence electrons. The van der Waals surface area contributed by atoms with Gasteiger partial charge in [0, 0.05) is 12.8 Å². The van der Waals surface area contributed by atoms with Crippen LogP contribution in [-0.4, -0.2) is 58.6 Å². The number of rotatable bonds is 5. The van der Waals surface area contributed by atoms with E-state index in [4.69, 9.17) is 19.8 Å². The Balaban J connectivity index is 2.02. The molecule has 0 aliphatic carbocycles. The maximum Gasteiger partial charge on any atom is 0.120 e. The van der Waals surface area contributed by atoms with E-state index in [0.717, 1.165) is 12.8 Å². The second kappa shape index (κ2) is 6.16. The zero-order valence-corrected chi connectivity index (χ0v) is 10.9. The molecule has 2 aliphatic heterocycles. The Hall–Kier alpha value is -0.710. The van der Waals surface area contributed by atoms with Crippen LogP contribution in [0.5, 0.6) is 0 Å². The van der Waals surface area contributed by atoms with E-state index in [0.29, 0.717) is 19.3 Å². The van der Waals surface area contributed by atoms with Crippen molar-refractivity contribution in [1.29, 1.82) is 5.26 Å². The first kappa shape index (κ1) is 14.7. The Morgan fingerprint density at radius 2 is 2.16 bits per heavy atom. The van der Waals surface area contributed by atoms with Crippen LogP contribution >= 0.6 is 0 Å². The zero-order valence-electron chi connectivity index (χ0n) is 10.9. The van der Waals surface area contributed by atoms with Gasteiger partial charge in [-0.1, -0.05) is 0 Å². The summed E-state index contributed by atoms with van der Waals surface area (Å²) in [6.45, 7) is -0.536. The van der Waals surface area contributed by atoms with E-state index in [-0.39, 0.29) is 25.4 Å². The molecule has 2 fully saturated rings. The first-order chi connectivity index (χ1) is 9.15. The van der Waals surface area contributed by atoms with Crippen molar-refractivity contribution < 1.29 is 24.8 Å². The standard InChI is InChI=1S/C13H21NO5/c14-5-1-2-9-3-4-12-13(8-16,19-9)6-11(18-12)10(17)7-15/h9-12,15-17H,1-4,6-8H2/t9?,10-,11?,12+,13-/m1/s1. The average Bonchev–Trinajstić information content (AvgIpc) is 2.83. The van der Waals surface area contributed by atoms with Crippen LogP contribution in [0.1, 0.15) is 32.1 Å². The van der Waals surface area contributed by atoms with Gasteiger partial charge in [-0.25, -0.2) is 0 Å². The van der Waals surface area contributed by atoms with Crippen LogP contribution in [-0.2, 0) is 9.47 Å². The molecule has 0 aromatic heterocycles. The van der Waals surface area contributed by atoms with Crippen molar-refractivity contribution in [1.82, 2.24) is 0 Å². The lowest BCUT2D eigenvalue weighted by Gasteiger charge is -2.40. The lowest BCUT2D eigenvalue weighted by molar-refractivity contribution is -0.185. The van der Waals surface area contributed by atoms with Gasteiger partial charge in [-0.05, 0) is 19.3 Å². The fourth-order valence-electron chi connectivity index (χ4n) is 3.02. The monoisotopic (exact) mass is 271 g/mol. The zero-order chi connectivity index (χ0) is 13.9. The summed E-state index contributed by atoms with van der Waals surface area (Å²) in [7, 11) is 0. The molecule has 0 aromatic rings. The second-order valence-electron chi connectivity index (χ2n) is 5.35. The summed E-state index contributed by atoms with van der Waals surface area (Å²) in [5, 5.41) is 36.9. The van der Waals surface area contributed by atoms with Crippen LogP contribution in [0.2, 0.25) is 0 Å². The maximum atomic E-state index is 9.67. The number of fused-ring (bicyclic) bond motifs is 1. The molecule has 6 heteroatoms. The highest BCUT2D eigenvalue weighted by Gasteiger charge is 2.54. The van der Waals surface area contributed by atoms with Crippen LogP contribution in [0.3, 0.4) is 0 Å². The Morgan fingerprint density at radius 1 is 1.37 bits per heavy atom. The molecule has 0 spiro atoms. The van der Waals surface area contributed by atoms with E-state index in [1.165, 1.54) is 0 Å². The van der Waals surface area contributed by atoms with Gasteiger partial charge in [0.05, 0.1) is 37.6 Å². The predicted molar refractivity (Wildman–Crippen MR) is 65.1 cm³/mol. The molecule has 19 heavy (non-hydrogen) atoms. The summed E-state index contributed by atoms with van der Waals surface area (Å²) in [6.07, 6.45) is 1.24. The Kier molecular flexibility index (Phi) is 4.76. The van der Waals surface area contributed by atoms with Crippen molar-refractivity contribution >= 4 is 0 Å². The van der Waals surface area contributed by atoms with E-state index < -0.39 is 17.8 Å². The van der Waals surface area contributed by atoms with Crippen molar-refractivity contribution in [3.8, 4) is 6.07 Å². The first-order valence-electron chi connectivity index (χ1n) is 6.75. The van der Waals surface area contributed by atoms with Crippen LogP contribution < -0.4 is 0 Å². The SMILES string of the molecule is N#CCCC1CC[C@@H]2OC([C@H](O)CO)C[C@]2(CO)O1. The molecule has 2 heterocycles. The molecule has 2 aliphatic rings. The third-order valence-corrected chi connectivity index (χ3v) is 4.09. The minimum atomic E-state index is -0.949. The van der Waals surface area contributed by atoms with Gasteiger partial charge in [0.15, 0.2) is 0 Å². The quantitative estimate of drug-likeness (QED) is 0.635. The van der Waals surface area contributed by atoms with Gasteiger partial charge in [-0.3, -0.25) is 0 Å². The molecule has 0 amide bonds. The first-order valence-corrected chi connectivity index (χ1v) is 6.75. The number of ether oxygens (including phenoxy) is 2. The van der Waals surface area contributed by atoms with E-state index >= 15 is 0 Å². The Bertz CT molecular complexity index is 344. The summed E-state index contributed by atoms with van der Waals surface area (Å²) < 4.78 is 11.7.